The Morgan fingerprint density at radius 2 is 2.32 bits per heavy atom. The quantitative estimate of drug-likeness (QED) is 0.806. The topological polar surface area (TPSA) is 88.3 Å². The van der Waals surface area contributed by atoms with Crippen LogP contribution < -0.4 is 11.1 Å². The van der Waals surface area contributed by atoms with Crippen LogP contribution in [0.5, 0.6) is 0 Å². The van der Waals surface area contributed by atoms with Gasteiger partial charge in [-0.25, -0.2) is 4.98 Å². The molecule has 0 saturated carbocycles. The number of pyridine rings is 1. The van der Waals surface area contributed by atoms with Crippen LogP contribution in [0, 0.1) is 0 Å². The molecule has 0 bridgehead atoms. The lowest BCUT2D eigenvalue weighted by molar-refractivity contribution is -0.130. The van der Waals surface area contributed by atoms with Crippen molar-refractivity contribution in [3.05, 3.63) is 29.6 Å². The summed E-state index contributed by atoms with van der Waals surface area (Å²) >= 11 is 0. The molecule has 1 saturated heterocycles. The molecule has 3 N–H and O–H groups in total. The van der Waals surface area contributed by atoms with E-state index in [2.05, 4.69) is 10.3 Å². The van der Waals surface area contributed by atoms with Crippen LogP contribution in [-0.2, 0) is 4.79 Å². The van der Waals surface area contributed by atoms with Crippen molar-refractivity contribution >= 4 is 11.8 Å². The number of carbonyl (C=O) groups excluding carboxylic acids is 2. The summed E-state index contributed by atoms with van der Waals surface area (Å²) in [5, 5.41) is 2.54. The Morgan fingerprint density at radius 3 is 3.00 bits per heavy atom. The van der Waals surface area contributed by atoms with Gasteiger partial charge in [0, 0.05) is 13.6 Å². The molecule has 2 amide bonds. The standard InChI is InChI=1S/C13H18N4O2/c1-15-13(19)10-5-2-4-9(16-10)11-6-3-7-17(11)12(18)8-14/h2,4-5,11H,3,6-8,14H2,1H3,(H,15,19)/t11-/m1/s1. The van der Waals surface area contributed by atoms with E-state index in [4.69, 9.17) is 5.73 Å². The summed E-state index contributed by atoms with van der Waals surface area (Å²) in [6.45, 7) is 0.707. The maximum absolute atomic E-state index is 11.8. The van der Waals surface area contributed by atoms with Gasteiger partial charge in [0.05, 0.1) is 18.3 Å². The van der Waals surface area contributed by atoms with Crippen LogP contribution in [0.2, 0.25) is 0 Å². The monoisotopic (exact) mass is 262 g/mol. The SMILES string of the molecule is CNC(=O)c1cccc([C@H]2CCCN2C(=O)CN)n1. The average molecular weight is 262 g/mol. The van der Waals surface area contributed by atoms with Gasteiger partial charge in [-0.3, -0.25) is 9.59 Å². The minimum absolute atomic E-state index is 0.00559. The summed E-state index contributed by atoms with van der Waals surface area (Å²) in [5.41, 5.74) is 6.53. The summed E-state index contributed by atoms with van der Waals surface area (Å²) in [7, 11) is 1.57. The normalized spacial score (nSPS) is 18.4. The Kier molecular flexibility index (Phi) is 4.11. The van der Waals surface area contributed by atoms with Gasteiger partial charge in [-0.2, -0.15) is 0 Å². The van der Waals surface area contributed by atoms with Crippen molar-refractivity contribution in [2.45, 2.75) is 18.9 Å². The molecule has 6 nitrogen and oxygen atoms in total. The van der Waals surface area contributed by atoms with E-state index in [1.54, 1.807) is 24.1 Å². The van der Waals surface area contributed by atoms with E-state index in [9.17, 15) is 9.59 Å². The van der Waals surface area contributed by atoms with Gasteiger partial charge < -0.3 is 16.0 Å². The van der Waals surface area contributed by atoms with Gasteiger partial charge >= 0.3 is 0 Å². The number of hydrogen-bond donors (Lipinski definition) is 2. The van der Waals surface area contributed by atoms with Crippen molar-refractivity contribution in [2.75, 3.05) is 20.1 Å². The van der Waals surface area contributed by atoms with Gasteiger partial charge in [0.1, 0.15) is 5.69 Å². The lowest BCUT2D eigenvalue weighted by atomic mass is 10.1. The molecule has 2 heterocycles. The molecule has 2 rings (SSSR count). The minimum Gasteiger partial charge on any atom is -0.354 e. The smallest absolute Gasteiger partial charge is 0.269 e. The second kappa shape index (κ2) is 5.79. The van der Waals surface area contributed by atoms with Gasteiger partial charge in [-0.05, 0) is 25.0 Å². The van der Waals surface area contributed by atoms with Crippen molar-refractivity contribution in [3.63, 3.8) is 0 Å². The molecule has 0 aliphatic carbocycles. The molecule has 102 valence electrons. The first kappa shape index (κ1) is 13.5. The first-order chi connectivity index (χ1) is 9.17. The zero-order valence-electron chi connectivity index (χ0n) is 10.9. The minimum atomic E-state index is -0.225. The van der Waals surface area contributed by atoms with Crippen molar-refractivity contribution in [1.29, 1.82) is 0 Å². The van der Waals surface area contributed by atoms with Crippen LogP contribution in [-0.4, -0.2) is 41.8 Å². The molecule has 0 aromatic carbocycles. The third-order valence-electron chi connectivity index (χ3n) is 3.32. The second-order valence-corrected chi connectivity index (χ2v) is 4.48. The molecule has 6 heteroatoms. The summed E-state index contributed by atoms with van der Waals surface area (Å²) < 4.78 is 0. The van der Waals surface area contributed by atoms with Gasteiger partial charge in [0.15, 0.2) is 0 Å². The maximum Gasteiger partial charge on any atom is 0.269 e. The van der Waals surface area contributed by atoms with Crippen molar-refractivity contribution in [2.24, 2.45) is 5.73 Å². The molecule has 19 heavy (non-hydrogen) atoms. The van der Waals surface area contributed by atoms with Crippen LogP contribution in [0.4, 0.5) is 0 Å². The number of carbonyl (C=O) groups is 2. The lowest BCUT2D eigenvalue weighted by Crippen LogP contribution is -2.36. The average Bonchev–Trinajstić information content (AvgIpc) is 2.95. The highest BCUT2D eigenvalue weighted by Crippen LogP contribution is 2.30. The van der Waals surface area contributed by atoms with E-state index >= 15 is 0 Å². The highest BCUT2D eigenvalue weighted by atomic mass is 16.2. The molecular formula is C13H18N4O2. The largest absolute Gasteiger partial charge is 0.354 e. The zero-order chi connectivity index (χ0) is 13.8. The number of nitrogens with one attached hydrogen (secondary N) is 1. The highest BCUT2D eigenvalue weighted by Gasteiger charge is 2.30. The highest BCUT2D eigenvalue weighted by molar-refractivity contribution is 5.92. The Bertz CT molecular complexity index is 489. The van der Waals surface area contributed by atoms with Crippen molar-refractivity contribution in [1.82, 2.24) is 15.2 Å². The first-order valence-corrected chi connectivity index (χ1v) is 6.36. The van der Waals surface area contributed by atoms with Crippen molar-refractivity contribution < 1.29 is 9.59 Å². The van der Waals surface area contributed by atoms with Crippen LogP contribution >= 0.6 is 0 Å². The Labute approximate surface area is 112 Å². The van der Waals surface area contributed by atoms with Gasteiger partial charge in [0.25, 0.3) is 5.91 Å². The number of hydrogen-bond acceptors (Lipinski definition) is 4. The van der Waals surface area contributed by atoms with E-state index in [1.807, 2.05) is 6.07 Å². The summed E-state index contributed by atoms with van der Waals surface area (Å²) in [5.74, 6) is -0.300. The number of nitrogens with two attached hydrogens (primary N) is 1. The Hall–Kier alpha value is -1.95. The number of rotatable bonds is 3. The predicted octanol–water partition coefficient (Wildman–Crippen LogP) is 0.0634. The summed E-state index contributed by atoms with van der Waals surface area (Å²) in [4.78, 5) is 29.4. The molecule has 1 aromatic rings. The van der Waals surface area contributed by atoms with Gasteiger partial charge in [-0.1, -0.05) is 6.07 Å². The first-order valence-electron chi connectivity index (χ1n) is 6.36. The molecule has 0 radical (unpaired) electrons. The fourth-order valence-corrected chi connectivity index (χ4v) is 2.38. The Morgan fingerprint density at radius 1 is 1.53 bits per heavy atom. The van der Waals surface area contributed by atoms with E-state index < -0.39 is 0 Å². The third-order valence-corrected chi connectivity index (χ3v) is 3.32. The molecule has 1 fully saturated rings. The number of likely N-dealkylation sites (tertiary alicyclic amines) is 1. The second-order valence-electron chi connectivity index (χ2n) is 4.48. The van der Waals surface area contributed by atoms with Crippen LogP contribution in [0.15, 0.2) is 18.2 Å². The molecule has 0 spiro atoms. The fraction of sp³-hybridized carbons (Fsp3) is 0.462. The van der Waals surface area contributed by atoms with Crippen molar-refractivity contribution in [3.8, 4) is 0 Å². The zero-order valence-corrected chi connectivity index (χ0v) is 10.9. The van der Waals surface area contributed by atoms with E-state index in [1.165, 1.54) is 0 Å². The molecule has 1 aliphatic heterocycles. The van der Waals surface area contributed by atoms with E-state index in [-0.39, 0.29) is 24.4 Å². The molecule has 1 aromatic heterocycles. The summed E-state index contributed by atoms with van der Waals surface area (Å²) in [6.07, 6.45) is 1.79. The molecule has 0 unspecified atom stereocenters. The van der Waals surface area contributed by atoms with Crippen LogP contribution in [0.25, 0.3) is 0 Å². The Balaban J connectivity index is 2.26. The fourth-order valence-electron chi connectivity index (χ4n) is 2.38. The number of amides is 2. The van der Waals surface area contributed by atoms with Crippen LogP contribution in [0.1, 0.15) is 35.1 Å². The molecule has 1 aliphatic rings. The van der Waals surface area contributed by atoms with Gasteiger partial charge in [-0.15, -0.1) is 0 Å². The van der Waals surface area contributed by atoms with E-state index in [0.29, 0.717) is 12.2 Å². The number of nitrogens with zero attached hydrogens (tertiary/aromatic N) is 2. The third kappa shape index (κ3) is 2.73. The lowest BCUT2D eigenvalue weighted by Gasteiger charge is -2.24. The molecular weight excluding hydrogens is 244 g/mol. The maximum atomic E-state index is 11.8. The van der Waals surface area contributed by atoms with E-state index in [0.717, 1.165) is 18.5 Å². The van der Waals surface area contributed by atoms with Crippen LogP contribution in [0.3, 0.4) is 0 Å². The summed E-state index contributed by atoms with van der Waals surface area (Å²) in [6, 6.07) is 5.22. The molecule has 1 atom stereocenters. The number of aromatic nitrogens is 1. The predicted molar refractivity (Wildman–Crippen MR) is 70.4 cm³/mol. The van der Waals surface area contributed by atoms with Gasteiger partial charge in [0.2, 0.25) is 5.91 Å².